The number of hydrogen-bond acceptors (Lipinski definition) is 5. The number of ether oxygens (including phenoxy) is 1. The minimum Gasteiger partial charge on any atom is -0.476 e. The van der Waals surface area contributed by atoms with Crippen molar-refractivity contribution in [1.29, 1.82) is 0 Å². The van der Waals surface area contributed by atoms with E-state index in [-0.39, 0.29) is 5.95 Å². The van der Waals surface area contributed by atoms with Crippen LogP contribution in [0.5, 0.6) is 5.88 Å². The van der Waals surface area contributed by atoms with Crippen molar-refractivity contribution in [2.45, 2.75) is 65.3 Å². The lowest BCUT2D eigenvalue weighted by Crippen LogP contribution is -2.10. The van der Waals surface area contributed by atoms with E-state index in [4.69, 9.17) is 10.5 Å². The number of anilines is 1. The maximum Gasteiger partial charge on any atom is 0.247 e. The zero-order chi connectivity index (χ0) is 15.9. The molecule has 122 valence electrons. The second-order valence-corrected chi connectivity index (χ2v) is 5.58. The van der Waals surface area contributed by atoms with E-state index in [9.17, 15) is 0 Å². The fourth-order valence-electron chi connectivity index (χ4n) is 2.71. The van der Waals surface area contributed by atoms with Crippen LogP contribution in [-0.2, 0) is 0 Å². The monoisotopic (exact) mass is 305 g/mol. The Kier molecular flexibility index (Phi) is 5.98. The van der Waals surface area contributed by atoms with Crippen molar-refractivity contribution in [3.8, 4) is 5.88 Å². The third kappa shape index (κ3) is 3.67. The first-order valence-corrected chi connectivity index (χ1v) is 8.34. The van der Waals surface area contributed by atoms with E-state index < -0.39 is 0 Å². The first-order chi connectivity index (χ1) is 10.7. The molecular weight excluding hydrogens is 278 g/mol. The summed E-state index contributed by atoms with van der Waals surface area (Å²) >= 11 is 0. The van der Waals surface area contributed by atoms with E-state index in [2.05, 4.69) is 33.4 Å². The largest absolute Gasteiger partial charge is 0.476 e. The Labute approximate surface area is 132 Å². The summed E-state index contributed by atoms with van der Waals surface area (Å²) in [6, 6.07) is 0.411. The molecule has 0 aromatic carbocycles. The van der Waals surface area contributed by atoms with Gasteiger partial charge in [-0.15, -0.1) is 0 Å². The van der Waals surface area contributed by atoms with Crippen molar-refractivity contribution >= 4 is 17.1 Å². The number of aromatic nitrogens is 4. The van der Waals surface area contributed by atoms with Gasteiger partial charge in [0.15, 0.2) is 11.2 Å². The molecular formula is C16H27N5O. The summed E-state index contributed by atoms with van der Waals surface area (Å²) in [5.41, 5.74) is 7.33. The molecule has 2 N–H and O–H groups in total. The molecule has 0 radical (unpaired) electrons. The third-order valence-electron chi connectivity index (χ3n) is 3.86. The maximum atomic E-state index is 5.84. The molecule has 0 aliphatic carbocycles. The molecule has 22 heavy (non-hydrogen) atoms. The van der Waals surface area contributed by atoms with Crippen molar-refractivity contribution in [2.24, 2.45) is 0 Å². The molecule has 0 saturated heterocycles. The van der Waals surface area contributed by atoms with Gasteiger partial charge in [-0.3, -0.25) is 0 Å². The summed E-state index contributed by atoms with van der Waals surface area (Å²) in [4.78, 5) is 13.0. The van der Waals surface area contributed by atoms with Gasteiger partial charge in [-0.1, -0.05) is 39.5 Å². The molecule has 2 aromatic heterocycles. The van der Waals surface area contributed by atoms with Crippen molar-refractivity contribution in [1.82, 2.24) is 19.5 Å². The van der Waals surface area contributed by atoms with Crippen LogP contribution in [0.4, 0.5) is 5.95 Å². The van der Waals surface area contributed by atoms with Gasteiger partial charge in [0, 0.05) is 6.04 Å². The second kappa shape index (κ2) is 7.96. The number of rotatable bonds is 9. The smallest absolute Gasteiger partial charge is 0.247 e. The number of hydrogen-bond donors (Lipinski definition) is 1. The van der Waals surface area contributed by atoms with Crippen LogP contribution in [0.2, 0.25) is 0 Å². The van der Waals surface area contributed by atoms with Crippen LogP contribution in [0.3, 0.4) is 0 Å². The van der Waals surface area contributed by atoms with E-state index in [0.29, 0.717) is 24.0 Å². The van der Waals surface area contributed by atoms with Gasteiger partial charge in [-0.05, 0) is 19.8 Å². The molecule has 0 amide bonds. The molecule has 6 heteroatoms. The maximum absolute atomic E-state index is 5.84. The van der Waals surface area contributed by atoms with Crippen LogP contribution in [-0.4, -0.2) is 26.1 Å². The highest BCUT2D eigenvalue weighted by Crippen LogP contribution is 2.29. The van der Waals surface area contributed by atoms with Gasteiger partial charge in [0.25, 0.3) is 0 Å². The number of imidazole rings is 1. The molecule has 0 spiro atoms. The second-order valence-electron chi connectivity index (χ2n) is 5.58. The minimum atomic E-state index is 0.238. The molecule has 0 atom stereocenters. The molecule has 0 bridgehead atoms. The minimum absolute atomic E-state index is 0.238. The number of nitrogens with two attached hydrogens (primary N) is 1. The van der Waals surface area contributed by atoms with E-state index >= 15 is 0 Å². The van der Waals surface area contributed by atoms with Crippen LogP contribution < -0.4 is 10.5 Å². The first kappa shape index (κ1) is 16.5. The Balaban J connectivity index is 2.39. The number of nitrogen functional groups attached to an aromatic ring is 1. The number of unbranched alkanes of at least 4 members (excludes halogenated alkanes) is 2. The van der Waals surface area contributed by atoms with Crippen LogP contribution >= 0.6 is 0 Å². The molecule has 2 aromatic rings. The normalized spacial score (nSPS) is 11.5. The van der Waals surface area contributed by atoms with Crippen molar-refractivity contribution in [3.63, 3.8) is 0 Å². The highest BCUT2D eigenvalue weighted by Gasteiger charge is 2.18. The summed E-state index contributed by atoms with van der Waals surface area (Å²) in [7, 11) is 0. The molecule has 0 aliphatic rings. The van der Waals surface area contributed by atoms with E-state index in [1.807, 2.05) is 13.3 Å². The Morgan fingerprint density at radius 1 is 1.14 bits per heavy atom. The average molecular weight is 305 g/mol. The SMILES string of the molecule is CCCCC(CCCC)n1cnc2c(OCC)nc(N)nc21. The lowest BCUT2D eigenvalue weighted by molar-refractivity contribution is 0.330. The quantitative estimate of drug-likeness (QED) is 0.763. The standard InChI is InChI=1S/C16H27N5O/c1-4-7-9-12(10-8-5-2)21-11-18-13-14(21)19-16(17)20-15(13)22-6-3/h11-12H,4-10H2,1-3H3,(H2,17,19,20). The lowest BCUT2D eigenvalue weighted by Gasteiger charge is -2.18. The Bertz CT molecular complexity index is 587. The summed E-state index contributed by atoms with van der Waals surface area (Å²) in [5, 5.41) is 0. The fourth-order valence-corrected chi connectivity index (χ4v) is 2.71. The predicted molar refractivity (Wildman–Crippen MR) is 89.0 cm³/mol. The molecule has 0 fully saturated rings. The average Bonchev–Trinajstić information content (AvgIpc) is 2.91. The number of fused-ring (bicyclic) bond motifs is 1. The van der Waals surface area contributed by atoms with Gasteiger partial charge < -0.3 is 15.0 Å². The van der Waals surface area contributed by atoms with Gasteiger partial charge in [-0.2, -0.15) is 9.97 Å². The van der Waals surface area contributed by atoms with Gasteiger partial charge >= 0.3 is 0 Å². The van der Waals surface area contributed by atoms with E-state index in [0.717, 1.165) is 18.5 Å². The number of nitrogens with zero attached hydrogens (tertiary/aromatic N) is 4. The van der Waals surface area contributed by atoms with Gasteiger partial charge in [0.1, 0.15) is 0 Å². The third-order valence-corrected chi connectivity index (χ3v) is 3.86. The molecule has 2 heterocycles. The summed E-state index contributed by atoms with van der Waals surface area (Å²) in [6.45, 7) is 6.90. The van der Waals surface area contributed by atoms with Crippen molar-refractivity contribution in [2.75, 3.05) is 12.3 Å². The summed E-state index contributed by atoms with van der Waals surface area (Å²) < 4.78 is 7.70. The summed E-state index contributed by atoms with van der Waals surface area (Å²) in [5.74, 6) is 0.718. The molecule has 0 aliphatic heterocycles. The molecule has 6 nitrogen and oxygen atoms in total. The highest BCUT2D eigenvalue weighted by molar-refractivity contribution is 5.77. The zero-order valence-corrected chi connectivity index (χ0v) is 13.9. The fraction of sp³-hybridized carbons (Fsp3) is 0.688. The molecule has 0 unspecified atom stereocenters. The van der Waals surface area contributed by atoms with Crippen molar-refractivity contribution < 1.29 is 4.74 Å². The van der Waals surface area contributed by atoms with E-state index in [1.165, 1.54) is 25.7 Å². The predicted octanol–water partition coefficient (Wildman–Crippen LogP) is 3.73. The van der Waals surface area contributed by atoms with Gasteiger partial charge in [-0.25, -0.2) is 4.98 Å². The van der Waals surface area contributed by atoms with Crippen molar-refractivity contribution in [3.05, 3.63) is 6.33 Å². The Hall–Kier alpha value is -1.85. The van der Waals surface area contributed by atoms with E-state index in [1.54, 1.807) is 0 Å². The Morgan fingerprint density at radius 2 is 1.82 bits per heavy atom. The highest BCUT2D eigenvalue weighted by atomic mass is 16.5. The van der Waals surface area contributed by atoms with Crippen LogP contribution in [0.1, 0.15) is 65.3 Å². The zero-order valence-electron chi connectivity index (χ0n) is 13.9. The van der Waals surface area contributed by atoms with Gasteiger partial charge in [0.2, 0.25) is 11.8 Å². The topological polar surface area (TPSA) is 78.8 Å². The summed E-state index contributed by atoms with van der Waals surface area (Å²) in [6.07, 6.45) is 8.91. The van der Waals surface area contributed by atoms with Crippen LogP contribution in [0.25, 0.3) is 11.2 Å². The van der Waals surface area contributed by atoms with Crippen LogP contribution in [0, 0.1) is 0 Å². The Morgan fingerprint density at radius 3 is 2.41 bits per heavy atom. The lowest BCUT2D eigenvalue weighted by atomic mass is 10.0. The first-order valence-electron chi connectivity index (χ1n) is 8.34. The van der Waals surface area contributed by atoms with Gasteiger partial charge in [0.05, 0.1) is 12.9 Å². The van der Waals surface area contributed by atoms with Crippen LogP contribution in [0.15, 0.2) is 6.33 Å². The molecule has 2 rings (SSSR count). The molecule has 0 saturated carbocycles.